The standard InChI is InChI=1S/C3H2Cl4O2S/c4-2(3(5)6)1-10(7,8)9/h1H2. The predicted molar refractivity (Wildman–Crippen MR) is 44.2 cm³/mol. The van der Waals surface area contributed by atoms with Gasteiger partial charge in [0.2, 0.25) is 9.05 Å². The molecule has 0 amide bonds. The minimum atomic E-state index is -3.65. The minimum Gasteiger partial charge on any atom is -0.212 e. The van der Waals surface area contributed by atoms with E-state index >= 15 is 0 Å². The maximum absolute atomic E-state index is 10.3. The van der Waals surface area contributed by atoms with Gasteiger partial charge in [0.25, 0.3) is 0 Å². The molecule has 0 unspecified atom stereocenters. The van der Waals surface area contributed by atoms with Crippen molar-refractivity contribution in [3.8, 4) is 0 Å². The molecule has 0 aliphatic rings. The van der Waals surface area contributed by atoms with Gasteiger partial charge in [0.1, 0.15) is 10.2 Å². The second kappa shape index (κ2) is 4.02. The molecule has 0 aliphatic heterocycles. The third kappa shape index (κ3) is 5.62. The van der Waals surface area contributed by atoms with Crippen LogP contribution in [-0.4, -0.2) is 14.2 Å². The summed E-state index contributed by atoms with van der Waals surface area (Å²) < 4.78 is 20.3. The van der Waals surface area contributed by atoms with Crippen molar-refractivity contribution in [1.82, 2.24) is 0 Å². The van der Waals surface area contributed by atoms with Gasteiger partial charge in [-0.15, -0.1) is 0 Å². The monoisotopic (exact) mass is 242 g/mol. The molecule has 7 heteroatoms. The quantitative estimate of drug-likeness (QED) is 0.699. The first kappa shape index (κ1) is 10.8. The van der Waals surface area contributed by atoms with Crippen molar-refractivity contribution in [1.29, 1.82) is 0 Å². The van der Waals surface area contributed by atoms with E-state index < -0.39 is 14.8 Å². The zero-order valence-electron chi connectivity index (χ0n) is 4.44. The van der Waals surface area contributed by atoms with Crippen LogP contribution in [0.25, 0.3) is 0 Å². The molecular weight excluding hydrogens is 242 g/mol. The van der Waals surface area contributed by atoms with E-state index in [-0.39, 0.29) is 9.52 Å². The van der Waals surface area contributed by atoms with Crippen LogP contribution in [0.4, 0.5) is 0 Å². The average Bonchev–Trinajstić information content (AvgIpc) is 1.60. The fourth-order valence-electron chi connectivity index (χ4n) is 0.206. The van der Waals surface area contributed by atoms with E-state index in [1.165, 1.54) is 0 Å². The Bertz CT molecular complexity index is 237. The summed E-state index contributed by atoms with van der Waals surface area (Å²) in [5, 5.41) is -0.182. The molecule has 0 radical (unpaired) electrons. The molecule has 2 nitrogen and oxygen atoms in total. The highest BCUT2D eigenvalue weighted by Gasteiger charge is 2.10. The van der Waals surface area contributed by atoms with Crippen molar-refractivity contribution in [3.05, 3.63) is 9.52 Å². The Hall–Kier alpha value is 0.850. The Kier molecular flexibility index (Phi) is 4.36. The summed E-state index contributed by atoms with van der Waals surface area (Å²) in [5.74, 6) is -0.543. The van der Waals surface area contributed by atoms with E-state index in [2.05, 4.69) is 0 Å². The van der Waals surface area contributed by atoms with Crippen molar-refractivity contribution in [2.24, 2.45) is 0 Å². The molecule has 0 atom stereocenters. The van der Waals surface area contributed by atoms with E-state index in [1.807, 2.05) is 0 Å². The third-order valence-electron chi connectivity index (χ3n) is 0.504. The molecule has 0 saturated carbocycles. The summed E-state index contributed by atoms with van der Waals surface area (Å²) in [6.07, 6.45) is 0. The smallest absolute Gasteiger partial charge is 0.212 e. The molecule has 0 saturated heterocycles. The Morgan fingerprint density at radius 1 is 1.20 bits per heavy atom. The highest BCUT2D eigenvalue weighted by molar-refractivity contribution is 8.13. The fraction of sp³-hybridized carbons (Fsp3) is 0.333. The lowest BCUT2D eigenvalue weighted by atomic mass is 10.7. The minimum absolute atomic E-state index is 0.182. The number of hydrogen-bond donors (Lipinski definition) is 0. The van der Waals surface area contributed by atoms with Crippen LogP contribution < -0.4 is 0 Å². The second-order valence-electron chi connectivity index (χ2n) is 1.35. The van der Waals surface area contributed by atoms with Gasteiger partial charge in [-0.05, 0) is 0 Å². The Morgan fingerprint density at radius 3 is 1.70 bits per heavy atom. The maximum atomic E-state index is 10.3. The lowest BCUT2D eigenvalue weighted by Gasteiger charge is -1.92. The SMILES string of the molecule is O=S(=O)(Cl)CC(Cl)=C(Cl)Cl. The fourth-order valence-corrected chi connectivity index (χ4v) is 1.87. The van der Waals surface area contributed by atoms with Crippen LogP contribution in [0.2, 0.25) is 0 Å². The van der Waals surface area contributed by atoms with Crippen molar-refractivity contribution in [2.45, 2.75) is 0 Å². The van der Waals surface area contributed by atoms with Gasteiger partial charge < -0.3 is 0 Å². The van der Waals surface area contributed by atoms with E-state index in [0.717, 1.165) is 0 Å². The maximum Gasteiger partial charge on any atom is 0.237 e. The molecule has 0 aliphatic carbocycles. The average molecular weight is 244 g/mol. The molecule has 0 N–H and O–H groups in total. The molecule has 10 heavy (non-hydrogen) atoms. The van der Waals surface area contributed by atoms with Gasteiger partial charge in [-0.2, -0.15) is 0 Å². The molecule has 0 rings (SSSR count). The Labute approximate surface area is 78.1 Å². The van der Waals surface area contributed by atoms with Gasteiger partial charge in [0.05, 0.1) is 5.03 Å². The summed E-state index contributed by atoms with van der Waals surface area (Å²) in [6, 6.07) is 0. The van der Waals surface area contributed by atoms with E-state index in [4.69, 9.17) is 45.5 Å². The van der Waals surface area contributed by atoms with Gasteiger partial charge >= 0.3 is 0 Å². The zero-order valence-corrected chi connectivity index (χ0v) is 8.28. The topological polar surface area (TPSA) is 34.1 Å². The van der Waals surface area contributed by atoms with Gasteiger partial charge in [0, 0.05) is 10.7 Å². The summed E-state index contributed by atoms with van der Waals surface area (Å²) in [7, 11) is 1.15. The van der Waals surface area contributed by atoms with Crippen LogP contribution >= 0.6 is 45.5 Å². The molecule has 0 aromatic carbocycles. The van der Waals surface area contributed by atoms with Gasteiger partial charge in [0.15, 0.2) is 0 Å². The van der Waals surface area contributed by atoms with Crippen LogP contribution in [-0.2, 0) is 9.05 Å². The number of hydrogen-bond acceptors (Lipinski definition) is 2. The molecule has 0 fully saturated rings. The van der Waals surface area contributed by atoms with Crippen LogP contribution in [0.1, 0.15) is 0 Å². The Morgan fingerprint density at radius 2 is 1.60 bits per heavy atom. The van der Waals surface area contributed by atoms with Crippen LogP contribution in [0, 0.1) is 0 Å². The summed E-state index contributed by atoms with van der Waals surface area (Å²) in [6.45, 7) is 0. The third-order valence-corrected chi connectivity index (χ3v) is 2.60. The molecule has 0 spiro atoms. The van der Waals surface area contributed by atoms with Crippen molar-refractivity contribution < 1.29 is 8.42 Å². The van der Waals surface area contributed by atoms with Crippen molar-refractivity contribution >= 4 is 54.5 Å². The molecule has 0 bridgehead atoms. The van der Waals surface area contributed by atoms with E-state index in [1.54, 1.807) is 0 Å². The lowest BCUT2D eigenvalue weighted by molar-refractivity contribution is 0.612. The van der Waals surface area contributed by atoms with E-state index in [9.17, 15) is 8.42 Å². The molecular formula is C3H2Cl4O2S. The van der Waals surface area contributed by atoms with Crippen LogP contribution in [0.15, 0.2) is 9.52 Å². The highest BCUT2D eigenvalue weighted by atomic mass is 35.7. The van der Waals surface area contributed by atoms with Crippen molar-refractivity contribution in [3.63, 3.8) is 0 Å². The predicted octanol–water partition coefficient (Wildman–Crippen LogP) is 2.44. The summed E-state index contributed by atoms with van der Waals surface area (Å²) in [4.78, 5) is 0. The zero-order chi connectivity index (χ0) is 8.36. The van der Waals surface area contributed by atoms with Gasteiger partial charge in [-0.1, -0.05) is 34.8 Å². The molecule has 60 valence electrons. The first-order chi connectivity index (χ1) is 4.33. The van der Waals surface area contributed by atoms with Crippen LogP contribution in [0.5, 0.6) is 0 Å². The summed E-state index contributed by atoms with van der Waals surface area (Å²) >= 11 is 15.5. The van der Waals surface area contributed by atoms with Gasteiger partial charge in [-0.3, -0.25) is 0 Å². The van der Waals surface area contributed by atoms with Gasteiger partial charge in [-0.25, -0.2) is 8.42 Å². The molecule has 0 aromatic heterocycles. The Balaban J connectivity index is 4.35. The van der Waals surface area contributed by atoms with Crippen molar-refractivity contribution in [2.75, 3.05) is 5.75 Å². The normalized spacial score (nSPS) is 11.2. The molecule has 0 aromatic rings. The van der Waals surface area contributed by atoms with Crippen LogP contribution in [0.3, 0.4) is 0 Å². The lowest BCUT2D eigenvalue weighted by Crippen LogP contribution is -1.96. The number of rotatable bonds is 2. The summed E-state index contributed by atoms with van der Waals surface area (Å²) in [5.41, 5.74) is 0. The number of halogens is 4. The first-order valence-corrected chi connectivity index (χ1v) is 5.56. The first-order valence-electron chi connectivity index (χ1n) is 1.95. The van der Waals surface area contributed by atoms with E-state index in [0.29, 0.717) is 0 Å². The molecule has 0 heterocycles. The highest BCUT2D eigenvalue weighted by Crippen LogP contribution is 2.20. The second-order valence-corrected chi connectivity index (χ2v) is 5.53. The largest absolute Gasteiger partial charge is 0.237 e.